The number of hydrogen-bond donors (Lipinski definition) is 0. The van der Waals surface area contributed by atoms with Gasteiger partial charge in [-0.2, -0.15) is 0 Å². The molecule has 0 aromatic carbocycles. The number of allylic oxidation sites excluding steroid dienone is 18. The lowest BCUT2D eigenvalue weighted by Crippen LogP contribution is -2.30. The number of esters is 2. The van der Waals surface area contributed by atoms with Crippen LogP contribution in [0.2, 0.25) is 0 Å². The molecule has 0 spiro atoms. The molecule has 0 aromatic rings. The molecule has 0 aliphatic heterocycles. The second kappa shape index (κ2) is 53.9. The molecule has 0 N–H and O–H groups in total. The molecule has 64 heavy (non-hydrogen) atoms. The van der Waals surface area contributed by atoms with Crippen molar-refractivity contribution in [2.75, 3.05) is 19.8 Å². The number of carbonyl (C=O) groups is 2. The fourth-order valence-electron chi connectivity index (χ4n) is 6.83. The van der Waals surface area contributed by atoms with Crippen LogP contribution in [0.1, 0.15) is 226 Å². The van der Waals surface area contributed by atoms with Gasteiger partial charge in [0, 0.05) is 19.4 Å². The zero-order valence-corrected chi connectivity index (χ0v) is 41.8. The summed E-state index contributed by atoms with van der Waals surface area (Å²) in [5.74, 6) is -0.487. The van der Waals surface area contributed by atoms with E-state index < -0.39 is 6.10 Å². The van der Waals surface area contributed by atoms with Gasteiger partial charge in [0.2, 0.25) is 0 Å². The minimum atomic E-state index is -0.581. The highest BCUT2D eigenvalue weighted by Gasteiger charge is 2.17. The molecule has 0 heterocycles. The summed E-state index contributed by atoms with van der Waals surface area (Å²) in [6.45, 7) is 7.56. The van der Waals surface area contributed by atoms with Gasteiger partial charge in [-0.15, -0.1) is 0 Å². The minimum Gasteiger partial charge on any atom is -0.462 e. The number of ether oxygens (including phenoxy) is 3. The summed E-state index contributed by atoms with van der Waals surface area (Å²) in [4.78, 5) is 25.4. The van der Waals surface area contributed by atoms with Crippen LogP contribution in [0.15, 0.2) is 109 Å². The summed E-state index contributed by atoms with van der Waals surface area (Å²) >= 11 is 0. The van der Waals surface area contributed by atoms with Gasteiger partial charge in [0.1, 0.15) is 6.61 Å². The summed E-state index contributed by atoms with van der Waals surface area (Å²) in [5, 5.41) is 0. The fraction of sp³-hybridized carbons (Fsp3) is 0.661. The second-order valence-electron chi connectivity index (χ2n) is 17.0. The Balaban J connectivity index is 4.39. The molecule has 5 heteroatoms. The van der Waals surface area contributed by atoms with E-state index in [0.29, 0.717) is 19.4 Å². The zero-order chi connectivity index (χ0) is 46.3. The molecule has 0 amide bonds. The molecule has 1 unspecified atom stereocenters. The van der Waals surface area contributed by atoms with Gasteiger partial charge in [0.05, 0.1) is 6.61 Å². The predicted octanol–water partition coefficient (Wildman–Crippen LogP) is 18.0. The smallest absolute Gasteiger partial charge is 0.306 e. The monoisotopic (exact) mass is 887 g/mol. The van der Waals surface area contributed by atoms with E-state index in [2.05, 4.69) is 130 Å². The largest absolute Gasteiger partial charge is 0.462 e. The third-order valence-corrected chi connectivity index (χ3v) is 10.8. The lowest BCUT2D eigenvalue weighted by atomic mass is 10.1. The third-order valence-electron chi connectivity index (χ3n) is 10.8. The van der Waals surface area contributed by atoms with E-state index in [1.807, 2.05) is 0 Å². The number of unbranched alkanes of at least 4 members (excludes halogenated alkanes) is 18. The highest BCUT2D eigenvalue weighted by Crippen LogP contribution is 2.12. The second-order valence-corrected chi connectivity index (χ2v) is 17.0. The molecule has 0 radical (unpaired) electrons. The van der Waals surface area contributed by atoms with Crippen molar-refractivity contribution in [3.63, 3.8) is 0 Å². The molecule has 0 aromatic heterocycles. The van der Waals surface area contributed by atoms with Crippen molar-refractivity contribution in [1.29, 1.82) is 0 Å². The lowest BCUT2D eigenvalue weighted by Gasteiger charge is -2.18. The number of rotatable bonds is 47. The van der Waals surface area contributed by atoms with Crippen LogP contribution in [-0.4, -0.2) is 37.9 Å². The minimum absolute atomic E-state index is 0.0473. The molecule has 364 valence electrons. The molecular weight excluding hydrogens is 789 g/mol. The first-order chi connectivity index (χ1) is 31.6. The Labute approximate surface area is 395 Å². The van der Waals surface area contributed by atoms with E-state index in [-0.39, 0.29) is 25.2 Å². The Hall–Kier alpha value is -3.44. The van der Waals surface area contributed by atoms with E-state index in [1.54, 1.807) is 0 Å². The maximum Gasteiger partial charge on any atom is 0.306 e. The summed E-state index contributed by atoms with van der Waals surface area (Å²) in [7, 11) is 0. The fourth-order valence-corrected chi connectivity index (χ4v) is 6.83. The molecule has 1 atom stereocenters. The highest BCUT2D eigenvalue weighted by atomic mass is 16.6. The molecule has 0 saturated carbocycles. The van der Waals surface area contributed by atoms with Gasteiger partial charge < -0.3 is 14.2 Å². The van der Waals surface area contributed by atoms with Gasteiger partial charge in [-0.3, -0.25) is 9.59 Å². The van der Waals surface area contributed by atoms with Gasteiger partial charge in [-0.25, -0.2) is 0 Å². The summed E-state index contributed by atoms with van der Waals surface area (Å²) in [6.07, 6.45) is 73.8. The van der Waals surface area contributed by atoms with Gasteiger partial charge in [-0.1, -0.05) is 207 Å². The van der Waals surface area contributed by atoms with Crippen LogP contribution < -0.4 is 0 Å². The Kier molecular flexibility index (Phi) is 51.0. The average molecular weight is 887 g/mol. The van der Waals surface area contributed by atoms with Crippen LogP contribution in [0.5, 0.6) is 0 Å². The van der Waals surface area contributed by atoms with E-state index in [4.69, 9.17) is 14.2 Å². The Morgan fingerprint density at radius 3 is 1.23 bits per heavy atom. The lowest BCUT2D eigenvalue weighted by molar-refractivity contribution is -0.162. The topological polar surface area (TPSA) is 61.8 Å². The van der Waals surface area contributed by atoms with Gasteiger partial charge in [-0.05, 0) is 116 Å². The van der Waals surface area contributed by atoms with E-state index in [1.165, 1.54) is 96.3 Å². The van der Waals surface area contributed by atoms with Crippen LogP contribution in [0, 0.1) is 0 Å². The van der Waals surface area contributed by atoms with Crippen LogP contribution in [0.25, 0.3) is 0 Å². The van der Waals surface area contributed by atoms with Crippen molar-refractivity contribution < 1.29 is 23.8 Å². The summed E-state index contributed by atoms with van der Waals surface area (Å²) in [5.41, 5.74) is 0. The molecule has 0 aliphatic carbocycles. The van der Waals surface area contributed by atoms with Crippen LogP contribution in [-0.2, 0) is 23.8 Å². The van der Waals surface area contributed by atoms with Crippen molar-refractivity contribution in [3.8, 4) is 0 Å². The molecule has 5 nitrogen and oxygen atoms in total. The standard InChI is InChI=1S/C59H98O5/c1-4-7-10-13-16-19-22-25-27-29-30-32-33-35-37-40-43-46-49-52-58(60)63-56-57(55-62-54-51-48-45-42-39-24-21-18-15-12-9-6-3)64-59(61)53-50-47-44-41-38-36-34-31-28-26-23-20-17-14-11-8-5-2/h8,11,15-20,25-28,30,32,34,36,41,44,57H,4-7,9-10,12-14,21-24,29,31,33,35,37-40,42-43,45-56H2,1-3H3/b11-8-,18-15-,19-16-,20-17-,27-25-,28-26-,32-30-,36-34-,44-41-. The van der Waals surface area contributed by atoms with Crippen molar-refractivity contribution in [2.45, 2.75) is 232 Å². The summed E-state index contributed by atoms with van der Waals surface area (Å²) in [6, 6.07) is 0. The SMILES string of the molecule is CC/C=C\C/C=C\C/C=C\C/C=C\C/C=C\CCCC(=O)OC(COCCCCCCCC/C=C\CCCC)COC(=O)CCCCCCCC/C=C\C/C=C\C/C=C\CCCCC. The predicted molar refractivity (Wildman–Crippen MR) is 279 cm³/mol. The Morgan fingerprint density at radius 1 is 0.359 bits per heavy atom. The van der Waals surface area contributed by atoms with E-state index in [0.717, 1.165) is 96.3 Å². The highest BCUT2D eigenvalue weighted by molar-refractivity contribution is 5.70. The molecule has 0 fully saturated rings. The first kappa shape index (κ1) is 60.6. The molecule has 0 rings (SSSR count). The van der Waals surface area contributed by atoms with Crippen LogP contribution >= 0.6 is 0 Å². The van der Waals surface area contributed by atoms with Crippen LogP contribution in [0.3, 0.4) is 0 Å². The van der Waals surface area contributed by atoms with Gasteiger partial charge in [0.25, 0.3) is 0 Å². The Morgan fingerprint density at radius 2 is 0.734 bits per heavy atom. The first-order valence-electron chi connectivity index (χ1n) is 26.4. The van der Waals surface area contributed by atoms with E-state index >= 15 is 0 Å². The quantitative estimate of drug-likeness (QED) is 0.0346. The Bertz CT molecular complexity index is 1280. The van der Waals surface area contributed by atoms with Crippen LogP contribution in [0.4, 0.5) is 0 Å². The molecule has 0 aliphatic rings. The average Bonchev–Trinajstić information content (AvgIpc) is 3.30. The van der Waals surface area contributed by atoms with Gasteiger partial charge in [0.15, 0.2) is 6.10 Å². The molecule has 0 saturated heterocycles. The van der Waals surface area contributed by atoms with Crippen molar-refractivity contribution >= 4 is 11.9 Å². The normalized spacial score (nSPS) is 13.1. The third kappa shape index (κ3) is 51.2. The van der Waals surface area contributed by atoms with Crippen molar-refractivity contribution in [2.24, 2.45) is 0 Å². The maximum atomic E-state index is 12.8. The van der Waals surface area contributed by atoms with E-state index in [9.17, 15) is 9.59 Å². The first-order valence-corrected chi connectivity index (χ1v) is 26.4. The van der Waals surface area contributed by atoms with Crippen molar-refractivity contribution in [1.82, 2.24) is 0 Å². The van der Waals surface area contributed by atoms with Crippen molar-refractivity contribution in [3.05, 3.63) is 109 Å². The maximum absolute atomic E-state index is 12.8. The molecular formula is C59H98O5. The van der Waals surface area contributed by atoms with Gasteiger partial charge >= 0.3 is 11.9 Å². The number of hydrogen-bond acceptors (Lipinski definition) is 5. The zero-order valence-electron chi connectivity index (χ0n) is 41.8. The molecule has 0 bridgehead atoms. The summed E-state index contributed by atoms with van der Waals surface area (Å²) < 4.78 is 17.3. The number of carbonyl (C=O) groups excluding carboxylic acids is 2.